The summed E-state index contributed by atoms with van der Waals surface area (Å²) < 4.78 is 1.36. The van der Waals surface area contributed by atoms with Crippen molar-refractivity contribution in [2.45, 2.75) is 13.5 Å². The number of aromatic carboxylic acids is 1. The maximum absolute atomic E-state index is 11.3. The third-order valence-corrected chi connectivity index (χ3v) is 2.20. The van der Waals surface area contributed by atoms with Crippen LogP contribution in [-0.4, -0.2) is 45.1 Å². The van der Waals surface area contributed by atoms with E-state index < -0.39 is 5.97 Å². The Labute approximate surface area is 97.8 Å². The molecule has 0 aromatic carbocycles. The number of carboxylic acid groups (broad SMARTS) is 1. The summed E-state index contributed by atoms with van der Waals surface area (Å²) in [5, 5.41) is 18.3. The molecule has 4 N–H and O–H groups in total. The Morgan fingerprint density at radius 3 is 2.88 bits per heavy atom. The number of nitrogens with one attached hydrogen (secondary N) is 1. The minimum Gasteiger partial charge on any atom is -0.476 e. The molecule has 0 spiro atoms. The van der Waals surface area contributed by atoms with Crippen molar-refractivity contribution in [3.05, 3.63) is 11.9 Å². The van der Waals surface area contributed by atoms with Crippen LogP contribution in [0.2, 0.25) is 0 Å². The molecule has 1 heterocycles. The van der Waals surface area contributed by atoms with Crippen LogP contribution in [0.3, 0.4) is 0 Å². The number of nitrogens with two attached hydrogens (primary N) is 1. The molecule has 0 aliphatic carbocycles. The van der Waals surface area contributed by atoms with Gasteiger partial charge in [-0.05, 0) is 0 Å². The normalized spacial score (nSPS) is 12.1. The second kappa shape index (κ2) is 5.94. The van der Waals surface area contributed by atoms with E-state index in [9.17, 15) is 9.59 Å². The highest BCUT2D eigenvalue weighted by Crippen LogP contribution is 1.93. The predicted molar refractivity (Wildman–Crippen MR) is 58.2 cm³/mol. The van der Waals surface area contributed by atoms with E-state index in [4.69, 9.17) is 10.8 Å². The molecule has 0 saturated heterocycles. The highest BCUT2D eigenvalue weighted by Gasteiger charge is 2.10. The summed E-state index contributed by atoms with van der Waals surface area (Å²) in [5.74, 6) is -1.50. The van der Waals surface area contributed by atoms with Gasteiger partial charge in [0.2, 0.25) is 5.91 Å². The molecule has 0 saturated carbocycles. The van der Waals surface area contributed by atoms with Gasteiger partial charge in [0, 0.05) is 19.0 Å². The van der Waals surface area contributed by atoms with E-state index >= 15 is 0 Å². The zero-order valence-electron chi connectivity index (χ0n) is 9.46. The summed E-state index contributed by atoms with van der Waals surface area (Å²) in [4.78, 5) is 21.9. The smallest absolute Gasteiger partial charge is 0.358 e. The van der Waals surface area contributed by atoms with E-state index in [1.165, 1.54) is 10.9 Å². The van der Waals surface area contributed by atoms with Gasteiger partial charge in [-0.2, -0.15) is 0 Å². The zero-order chi connectivity index (χ0) is 12.8. The van der Waals surface area contributed by atoms with E-state index in [1.807, 2.05) is 0 Å². The topological polar surface area (TPSA) is 123 Å². The maximum Gasteiger partial charge on any atom is 0.358 e. The van der Waals surface area contributed by atoms with Crippen LogP contribution in [0.5, 0.6) is 0 Å². The van der Waals surface area contributed by atoms with Gasteiger partial charge < -0.3 is 16.2 Å². The molecule has 0 bridgehead atoms. The third kappa shape index (κ3) is 3.83. The van der Waals surface area contributed by atoms with Crippen molar-refractivity contribution in [2.24, 2.45) is 11.7 Å². The van der Waals surface area contributed by atoms with Crippen LogP contribution in [0.15, 0.2) is 6.20 Å². The number of carboxylic acids is 1. The van der Waals surface area contributed by atoms with Gasteiger partial charge in [-0.3, -0.25) is 4.79 Å². The molecule has 1 atom stereocenters. The molecule has 1 aromatic heterocycles. The summed E-state index contributed by atoms with van der Waals surface area (Å²) in [7, 11) is 0. The van der Waals surface area contributed by atoms with Crippen molar-refractivity contribution in [1.82, 2.24) is 20.3 Å². The highest BCUT2D eigenvalue weighted by atomic mass is 16.4. The van der Waals surface area contributed by atoms with Gasteiger partial charge in [-0.1, -0.05) is 12.1 Å². The van der Waals surface area contributed by atoms with Crippen molar-refractivity contribution >= 4 is 11.9 Å². The Hall–Kier alpha value is -1.96. The summed E-state index contributed by atoms with van der Waals surface area (Å²) in [6.45, 7) is 2.74. The van der Waals surface area contributed by atoms with Crippen LogP contribution in [-0.2, 0) is 11.3 Å². The molecule has 94 valence electrons. The molecule has 0 aliphatic heterocycles. The molecule has 0 radical (unpaired) electrons. The number of aromatic nitrogens is 3. The summed E-state index contributed by atoms with van der Waals surface area (Å²) in [5.41, 5.74) is 5.22. The Kier molecular flexibility index (Phi) is 4.58. The molecular weight excluding hydrogens is 226 g/mol. The minimum absolute atomic E-state index is 0.119. The summed E-state index contributed by atoms with van der Waals surface area (Å²) in [6, 6.07) is 0. The molecule has 8 nitrogen and oxygen atoms in total. The molecule has 17 heavy (non-hydrogen) atoms. The second-order valence-corrected chi connectivity index (χ2v) is 3.60. The summed E-state index contributed by atoms with van der Waals surface area (Å²) in [6.07, 6.45) is 1.31. The first-order chi connectivity index (χ1) is 8.04. The van der Waals surface area contributed by atoms with E-state index in [2.05, 4.69) is 15.6 Å². The van der Waals surface area contributed by atoms with Crippen molar-refractivity contribution in [3.8, 4) is 0 Å². The molecule has 0 aliphatic rings. The number of rotatable bonds is 6. The number of carbonyl (C=O) groups excluding carboxylic acids is 1. The zero-order valence-corrected chi connectivity index (χ0v) is 9.46. The van der Waals surface area contributed by atoms with Gasteiger partial charge in [0.1, 0.15) is 0 Å². The van der Waals surface area contributed by atoms with Crippen molar-refractivity contribution in [3.63, 3.8) is 0 Å². The number of carbonyl (C=O) groups is 2. The molecular formula is C9H15N5O3. The monoisotopic (exact) mass is 241 g/mol. The third-order valence-electron chi connectivity index (χ3n) is 2.20. The molecule has 1 rings (SSSR count). The second-order valence-electron chi connectivity index (χ2n) is 3.60. The Morgan fingerprint density at radius 2 is 2.35 bits per heavy atom. The van der Waals surface area contributed by atoms with Gasteiger partial charge in [-0.25, -0.2) is 9.48 Å². The average molecular weight is 241 g/mol. The Balaban J connectivity index is 2.35. The van der Waals surface area contributed by atoms with Crippen LogP contribution in [0.4, 0.5) is 0 Å². The molecule has 1 amide bonds. The lowest BCUT2D eigenvalue weighted by Crippen LogP contribution is -2.35. The first kappa shape index (κ1) is 13.1. The SMILES string of the molecule is CC(CN)C(=O)NCCn1cc(C(=O)O)nn1. The Bertz CT molecular complexity index is 403. The van der Waals surface area contributed by atoms with Crippen LogP contribution >= 0.6 is 0 Å². The van der Waals surface area contributed by atoms with Crippen molar-refractivity contribution < 1.29 is 14.7 Å². The minimum atomic E-state index is -1.13. The quantitative estimate of drug-likeness (QED) is 0.568. The number of hydrogen-bond donors (Lipinski definition) is 3. The largest absolute Gasteiger partial charge is 0.476 e. The number of amides is 1. The van der Waals surface area contributed by atoms with Gasteiger partial charge in [-0.15, -0.1) is 5.10 Å². The van der Waals surface area contributed by atoms with Gasteiger partial charge in [0.25, 0.3) is 0 Å². The standard InChI is InChI=1S/C9H15N5O3/c1-6(4-10)8(15)11-2-3-14-5-7(9(16)17)12-13-14/h5-6H,2-4,10H2,1H3,(H,11,15)(H,16,17). The van der Waals surface area contributed by atoms with E-state index in [1.54, 1.807) is 6.92 Å². The lowest BCUT2D eigenvalue weighted by atomic mass is 10.2. The van der Waals surface area contributed by atoms with Gasteiger partial charge in [0.15, 0.2) is 5.69 Å². The highest BCUT2D eigenvalue weighted by molar-refractivity contribution is 5.84. The first-order valence-corrected chi connectivity index (χ1v) is 5.15. The molecule has 8 heteroatoms. The van der Waals surface area contributed by atoms with Crippen LogP contribution in [0.1, 0.15) is 17.4 Å². The van der Waals surface area contributed by atoms with Crippen LogP contribution < -0.4 is 11.1 Å². The van der Waals surface area contributed by atoms with Crippen LogP contribution in [0.25, 0.3) is 0 Å². The molecule has 0 fully saturated rings. The number of nitrogens with zero attached hydrogens (tertiary/aromatic N) is 3. The van der Waals surface area contributed by atoms with E-state index in [0.717, 1.165) is 0 Å². The van der Waals surface area contributed by atoms with Crippen molar-refractivity contribution in [2.75, 3.05) is 13.1 Å². The first-order valence-electron chi connectivity index (χ1n) is 5.15. The summed E-state index contributed by atoms with van der Waals surface area (Å²) >= 11 is 0. The fourth-order valence-corrected chi connectivity index (χ4v) is 1.08. The van der Waals surface area contributed by atoms with Crippen LogP contribution in [0, 0.1) is 5.92 Å². The molecule has 1 aromatic rings. The fraction of sp³-hybridized carbons (Fsp3) is 0.556. The van der Waals surface area contributed by atoms with E-state index in [0.29, 0.717) is 19.6 Å². The van der Waals surface area contributed by atoms with Crippen molar-refractivity contribution in [1.29, 1.82) is 0 Å². The fourth-order valence-electron chi connectivity index (χ4n) is 1.08. The number of hydrogen-bond acceptors (Lipinski definition) is 5. The predicted octanol–water partition coefficient (Wildman–Crippen LogP) is -1.31. The Morgan fingerprint density at radius 1 is 1.65 bits per heavy atom. The lowest BCUT2D eigenvalue weighted by Gasteiger charge is -2.09. The van der Waals surface area contributed by atoms with Gasteiger partial charge >= 0.3 is 5.97 Å². The van der Waals surface area contributed by atoms with E-state index in [-0.39, 0.29) is 17.5 Å². The van der Waals surface area contributed by atoms with Gasteiger partial charge in [0.05, 0.1) is 12.7 Å². The average Bonchev–Trinajstić information content (AvgIpc) is 2.76. The lowest BCUT2D eigenvalue weighted by molar-refractivity contribution is -0.124. The maximum atomic E-state index is 11.3. The molecule has 1 unspecified atom stereocenters.